The van der Waals surface area contributed by atoms with Gasteiger partial charge < -0.3 is 5.32 Å². The molecule has 1 N–H and O–H groups in total. The summed E-state index contributed by atoms with van der Waals surface area (Å²) in [6.07, 6.45) is 1.82. The Hall–Kier alpha value is -2.46. The van der Waals surface area contributed by atoms with Crippen LogP contribution in [0.4, 0.5) is 0 Å². The average molecular weight is 278 g/mol. The Morgan fingerprint density at radius 3 is 2.43 bits per heavy atom. The highest BCUT2D eigenvalue weighted by Gasteiger charge is 2.19. The molecular weight excluding hydrogens is 260 g/mol. The second-order valence-corrected chi connectivity index (χ2v) is 4.98. The van der Waals surface area contributed by atoms with Crippen molar-refractivity contribution < 1.29 is 0 Å². The summed E-state index contributed by atoms with van der Waals surface area (Å²) in [5, 5.41) is 11.7. The van der Waals surface area contributed by atoms with Gasteiger partial charge in [-0.25, -0.2) is 4.68 Å². The lowest BCUT2D eigenvalue weighted by Crippen LogP contribution is -2.21. The van der Waals surface area contributed by atoms with Crippen LogP contribution in [-0.2, 0) is 0 Å². The zero-order valence-electron chi connectivity index (χ0n) is 12.2. The Morgan fingerprint density at radius 2 is 1.71 bits per heavy atom. The highest BCUT2D eigenvalue weighted by Crippen LogP contribution is 2.25. The van der Waals surface area contributed by atoms with Crippen LogP contribution in [0.3, 0.4) is 0 Å². The van der Waals surface area contributed by atoms with Crippen molar-refractivity contribution in [2.45, 2.75) is 13.0 Å². The molecule has 106 valence electrons. The first kappa shape index (κ1) is 13.5. The molecular formula is C17H18N4. The molecule has 1 heterocycles. The molecule has 0 amide bonds. The number of benzene rings is 2. The Labute approximate surface area is 124 Å². The monoisotopic (exact) mass is 278 g/mol. The lowest BCUT2D eigenvalue weighted by Gasteiger charge is -2.19. The van der Waals surface area contributed by atoms with E-state index in [-0.39, 0.29) is 6.04 Å². The molecule has 0 spiro atoms. The van der Waals surface area contributed by atoms with Gasteiger partial charge in [-0.05, 0) is 37.2 Å². The first-order valence-electron chi connectivity index (χ1n) is 7.00. The third-order valence-corrected chi connectivity index (χ3v) is 3.66. The number of aryl methyl sites for hydroxylation is 1. The summed E-state index contributed by atoms with van der Waals surface area (Å²) < 4.78 is 1.88. The molecule has 0 bridgehead atoms. The molecule has 3 aromatic rings. The lowest BCUT2D eigenvalue weighted by molar-refractivity contribution is 0.631. The molecule has 0 saturated heterocycles. The fourth-order valence-electron chi connectivity index (χ4n) is 2.58. The first-order chi connectivity index (χ1) is 10.3. The summed E-state index contributed by atoms with van der Waals surface area (Å²) in [4.78, 5) is 0. The first-order valence-corrected chi connectivity index (χ1v) is 7.00. The van der Waals surface area contributed by atoms with Crippen molar-refractivity contribution >= 4 is 0 Å². The summed E-state index contributed by atoms with van der Waals surface area (Å²) in [5.41, 5.74) is 4.52. The second kappa shape index (κ2) is 5.89. The van der Waals surface area contributed by atoms with Crippen LogP contribution in [-0.4, -0.2) is 22.0 Å². The minimum atomic E-state index is 0.0569. The van der Waals surface area contributed by atoms with Crippen LogP contribution >= 0.6 is 0 Å². The van der Waals surface area contributed by atoms with Crippen LogP contribution < -0.4 is 5.32 Å². The number of nitrogens with zero attached hydrogens (tertiary/aromatic N) is 3. The Kier molecular flexibility index (Phi) is 3.79. The van der Waals surface area contributed by atoms with Crippen molar-refractivity contribution in [3.8, 4) is 5.69 Å². The van der Waals surface area contributed by atoms with Crippen molar-refractivity contribution in [1.29, 1.82) is 0 Å². The quantitative estimate of drug-likeness (QED) is 0.798. The van der Waals surface area contributed by atoms with Crippen LogP contribution in [0, 0.1) is 6.92 Å². The molecule has 0 fully saturated rings. The van der Waals surface area contributed by atoms with Crippen molar-refractivity contribution in [2.24, 2.45) is 0 Å². The maximum atomic E-state index is 4.24. The summed E-state index contributed by atoms with van der Waals surface area (Å²) in [6, 6.07) is 18.5. The predicted molar refractivity (Wildman–Crippen MR) is 83.4 cm³/mol. The molecule has 0 aliphatic heterocycles. The van der Waals surface area contributed by atoms with Gasteiger partial charge >= 0.3 is 0 Å². The van der Waals surface area contributed by atoms with E-state index in [9.17, 15) is 0 Å². The van der Waals surface area contributed by atoms with Gasteiger partial charge in [-0.15, -0.1) is 5.10 Å². The summed E-state index contributed by atoms with van der Waals surface area (Å²) >= 11 is 0. The largest absolute Gasteiger partial charge is 0.308 e. The van der Waals surface area contributed by atoms with Crippen LogP contribution in [0.5, 0.6) is 0 Å². The number of hydrogen-bond donors (Lipinski definition) is 1. The number of para-hydroxylation sites is 1. The fraction of sp³-hybridized carbons (Fsp3) is 0.176. The van der Waals surface area contributed by atoms with Crippen molar-refractivity contribution in [2.75, 3.05) is 7.05 Å². The molecule has 0 radical (unpaired) electrons. The molecule has 1 unspecified atom stereocenters. The van der Waals surface area contributed by atoms with E-state index in [4.69, 9.17) is 0 Å². The zero-order chi connectivity index (χ0) is 14.7. The van der Waals surface area contributed by atoms with Gasteiger partial charge in [-0.1, -0.05) is 47.7 Å². The van der Waals surface area contributed by atoms with Gasteiger partial charge in [-0.3, -0.25) is 0 Å². The Balaban J connectivity index is 2.08. The SMILES string of the molecule is CNC(c1ccccc1C)c1cnnn1-c1ccccc1. The van der Waals surface area contributed by atoms with Gasteiger partial charge in [0.1, 0.15) is 0 Å². The summed E-state index contributed by atoms with van der Waals surface area (Å²) in [6.45, 7) is 2.12. The van der Waals surface area contributed by atoms with Crippen LogP contribution in [0.1, 0.15) is 22.9 Å². The molecule has 2 aromatic carbocycles. The van der Waals surface area contributed by atoms with E-state index in [0.717, 1.165) is 11.4 Å². The summed E-state index contributed by atoms with van der Waals surface area (Å²) in [7, 11) is 1.96. The Morgan fingerprint density at radius 1 is 1.00 bits per heavy atom. The van der Waals surface area contributed by atoms with E-state index in [1.54, 1.807) is 0 Å². The number of aromatic nitrogens is 3. The van der Waals surface area contributed by atoms with E-state index < -0.39 is 0 Å². The standard InChI is InChI=1S/C17H18N4/c1-13-8-6-7-11-15(13)17(18-2)16-12-19-20-21(16)14-9-4-3-5-10-14/h3-12,17-18H,1-2H3. The maximum absolute atomic E-state index is 4.24. The minimum absolute atomic E-state index is 0.0569. The maximum Gasteiger partial charge on any atom is 0.0860 e. The molecule has 4 heteroatoms. The second-order valence-electron chi connectivity index (χ2n) is 4.98. The summed E-state index contributed by atoms with van der Waals surface area (Å²) in [5.74, 6) is 0. The Bertz CT molecular complexity index is 718. The molecule has 1 aromatic heterocycles. The average Bonchev–Trinajstić information content (AvgIpc) is 3.00. The van der Waals surface area contributed by atoms with E-state index in [1.807, 2.05) is 48.3 Å². The number of nitrogens with one attached hydrogen (secondary N) is 1. The van der Waals surface area contributed by atoms with Gasteiger partial charge in [0, 0.05) is 0 Å². The van der Waals surface area contributed by atoms with Crippen LogP contribution in [0.25, 0.3) is 5.69 Å². The third kappa shape index (κ3) is 2.58. The van der Waals surface area contributed by atoms with Gasteiger partial charge in [0.25, 0.3) is 0 Å². The lowest BCUT2D eigenvalue weighted by atomic mass is 9.99. The van der Waals surface area contributed by atoms with Crippen molar-refractivity contribution in [1.82, 2.24) is 20.3 Å². The third-order valence-electron chi connectivity index (χ3n) is 3.66. The van der Waals surface area contributed by atoms with Gasteiger partial charge in [0.05, 0.1) is 23.6 Å². The number of rotatable bonds is 4. The molecule has 1 atom stereocenters. The molecule has 3 rings (SSSR count). The van der Waals surface area contributed by atoms with Gasteiger partial charge in [-0.2, -0.15) is 0 Å². The number of hydrogen-bond acceptors (Lipinski definition) is 3. The molecule has 0 saturated carbocycles. The zero-order valence-corrected chi connectivity index (χ0v) is 12.2. The van der Waals surface area contributed by atoms with E-state index in [1.165, 1.54) is 11.1 Å². The highest BCUT2D eigenvalue weighted by molar-refractivity contribution is 5.38. The van der Waals surface area contributed by atoms with Crippen molar-refractivity contribution in [3.05, 3.63) is 77.6 Å². The van der Waals surface area contributed by atoms with Gasteiger partial charge in [0.15, 0.2) is 0 Å². The minimum Gasteiger partial charge on any atom is -0.308 e. The van der Waals surface area contributed by atoms with Crippen LogP contribution in [0.15, 0.2) is 60.8 Å². The molecule has 4 nitrogen and oxygen atoms in total. The van der Waals surface area contributed by atoms with Gasteiger partial charge in [0.2, 0.25) is 0 Å². The van der Waals surface area contributed by atoms with E-state index >= 15 is 0 Å². The smallest absolute Gasteiger partial charge is 0.0860 e. The van der Waals surface area contributed by atoms with Crippen LogP contribution in [0.2, 0.25) is 0 Å². The fourth-order valence-corrected chi connectivity index (χ4v) is 2.58. The topological polar surface area (TPSA) is 42.7 Å². The van der Waals surface area contributed by atoms with E-state index in [2.05, 4.69) is 46.8 Å². The van der Waals surface area contributed by atoms with Crippen molar-refractivity contribution in [3.63, 3.8) is 0 Å². The molecule has 0 aliphatic carbocycles. The predicted octanol–water partition coefficient (Wildman–Crippen LogP) is 2.88. The molecule has 21 heavy (non-hydrogen) atoms. The molecule has 0 aliphatic rings. The normalized spacial score (nSPS) is 12.3. The van der Waals surface area contributed by atoms with E-state index in [0.29, 0.717) is 0 Å². The highest BCUT2D eigenvalue weighted by atomic mass is 15.4.